The van der Waals surface area contributed by atoms with Crippen LogP contribution in [0.25, 0.3) is 0 Å². The highest BCUT2D eigenvalue weighted by Gasteiger charge is 2.68. The van der Waals surface area contributed by atoms with Gasteiger partial charge in [-0.2, -0.15) is 0 Å². The van der Waals surface area contributed by atoms with Gasteiger partial charge >= 0.3 is 0 Å². The number of carbonyl (C=O) groups excluding carboxylic acids is 2. The van der Waals surface area contributed by atoms with Crippen molar-refractivity contribution in [2.24, 2.45) is 34.5 Å². The molecule has 27 heavy (non-hydrogen) atoms. The minimum atomic E-state index is -1.44. The number of carbonyl (C=O) groups is 2. The highest BCUT2D eigenvalue weighted by molar-refractivity contribution is 6.02. The van der Waals surface area contributed by atoms with Crippen molar-refractivity contribution in [1.82, 2.24) is 0 Å². The van der Waals surface area contributed by atoms with Crippen molar-refractivity contribution in [1.29, 1.82) is 0 Å². The zero-order valence-corrected chi connectivity index (χ0v) is 16.3. The van der Waals surface area contributed by atoms with Gasteiger partial charge in [0, 0.05) is 23.2 Å². The Kier molecular flexibility index (Phi) is 4.12. The Bertz CT molecular complexity index is 754. The average Bonchev–Trinajstić information content (AvgIpc) is 2.87. The van der Waals surface area contributed by atoms with E-state index < -0.39 is 29.1 Å². The highest BCUT2D eigenvalue weighted by Crippen LogP contribution is 2.67. The van der Waals surface area contributed by atoms with Gasteiger partial charge in [0.2, 0.25) is 0 Å². The SMILES string of the molecule is C[C@H]1C[C@@H]2[C@H](C(=O)C[C@@]3(C)[C@H]2CC[C@]3(O)C(O)CO)[C@@]2(C)C=CC(=O)C=C12. The number of hydrogen-bond donors (Lipinski definition) is 3. The number of allylic oxidation sites excluding steroid dienone is 4. The molecule has 0 heterocycles. The highest BCUT2D eigenvalue weighted by atomic mass is 16.4. The molecule has 0 amide bonds. The Hall–Kier alpha value is -1.30. The molecule has 3 N–H and O–H groups in total. The molecule has 4 aliphatic carbocycles. The molecule has 0 aromatic heterocycles. The number of aliphatic hydroxyl groups excluding tert-OH is 2. The van der Waals surface area contributed by atoms with Crippen LogP contribution in [0.4, 0.5) is 0 Å². The molecule has 1 unspecified atom stereocenters. The van der Waals surface area contributed by atoms with Gasteiger partial charge in [-0.1, -0.05) is 32.4 Å². The van der Waals surface area contributed by atoms with E-state index in [1.807, 2.05) is 13.0 Å². The Morgan fingerprint density at radius 1 is 1.30 bits per heavy atom. The average molecular weight is 374 g/mol. The van der Waals surface area contributed by atoms with Crippen LogP contribution < -0.4 is 0 Å². The van der Waals surface area contributed by atoms with Gasteiger partial charge in [-0.05, 0) is 49.2 Å². The van der Waals surface area contributed by atoms with Crippen LogP contribution in [0, 0.1) is 34.5 Å². The lowest BCUT2D eigenvalue weighted by Crippen LogP contribution is -2.62. The standard InChI is InChI=1S/C22H30O5/c1-12-8-14-15-5-7-22(27,18(26)11-23)21(15,3)10-17(25)19(14)20(2)6-4-13(24)9-16(12)20/h4,6,9,12,14-15,18-19,23,26-27H,5,7-8,10-11H2,1-3H3/t12-,14-,15-,18?,19+,20-,21-,22-/m0/s1. The van der Waals surface area contributed by atoms with Crippen molar-refractivity contribution in [3.63, 3.8) is 0 Å². The minimum Gasteiger partial charge on any atom is -0.394 e. The Morgan fingerprint density at radius 3 is 2.67 bits per heavy atom. The van der Waals surface area contributed by atoms with Crippen molar-refractivity contribution < 1.29 is 24.9 Å². The van der Waals surface area contributed by atoms with E-state index in [2.05, 4.69) is 13.8 Å². The first-order chi connectivity index (χ1) is 12.6. The first kappa shape index (κ1) is 19.0. The molecule has 0 bridgehead atoms. The summed E-state index contributed by atoms with van der Waals surface area (Å²) in [4.78, 5) is 25.4. The molecule has 0 aromatic rings. The molecule has 0 saturated heterocycles. The van der Waals surface area contributed by atoms with Crippen LogP contribution >= 0.6 is 0 Å². The van der Waals surface area contributed by atoms with Gasteiger partial charge in [0.25, 0.3) is 0 Å². The summed E-state index contributed by atoms with van der Waals surface area (Å²) >= 11 is 0. The van der Waals surface area contributed by atoms with Gasteiger partial charge < -0.3 is 15.3 Å². The minimum absolute atomic E-state index is 0.0119. The second-order valence-corrected chi connectivity index (χ2v) is 9.72. The van der Waals surface area contributed by atoms with Crippen LogP contribution in [0.2, 0.25) is 0 Å². The van der Waals surface area contributed by atoms with Gasteiger partial charge in [-0.25, -0.2) is 0 Å². The maximum atomic E-state index is 13.4. The number of ketones is 2. The maximum absolute atomic E-state index is 13.4. The molecule has 5 nitrogen and oxygen atoms in total. The summed E-state index contributed by atoms with van der Waals surface area (Å²) in [5, 5.41) is 31.1. The van der Waals surface area contributed by atoms with Gasteiger partial charge in [0.05, 0.1) is 12.2 Å². The number of Topliss-reactive ketones (excluding diaryl/α,β-unsaturated/α-hetero) is 1. The molecule has 0 radical (unpaired) electrons. The second-order valence-electron chi connectivity index (χ2n) is 9.72. The second kappa shape index (κ2) is 5.85. The first-order valence-corrected chi connectivity index (χ1v) is 10.1. The van der Waals surface area contributed by atoms with Crippen LogP contribution in [0.3, 0.4) is 0 Å². The van der Waals surface area contributed by atoms with E-state index >= 15 is 0 Å². The summed E-state index contributed by atoms with van der Waals surface area (Å²) in [6.07, 6.45) is 6.12. The number of rotatable bonds is 2. The Labute approximate surface area is 160 Å². The zero-order chi connectivity index (χ0) is 19.8. The van der Waals surface area contributed by atoms with Crippen LogP contribution in [-0.2, 0) is 9.59 Å². The predicted octanol–water partition coefficient (Wildman–Crippen LogP) is 1.80. The molecule has 148 valence electrons. The normalized spacial score (nSPS) is 49.9. The summed E-state index contributed by atoms with van der Waals surface area (Å²) in [7, 11) is 0. The molecule has 3 saturated carbocycles. The largest absolute Gasteiger partial charge is 0.394 e. The number of fused-ring (bicyclic) bond motifs is 5. The van der Waals surface area contributed by atoms with Crippen LogP contribution in [0.5, 0.6) is 0 Å². The third-order valence-electron chi connectivity index (χ3n) is 8.52. The lowest BCUT2D eigenvalue weighted by Gasteiger charge is -2.58. The predicted molar refractivity (Wildman–Crippen MR) is 99.6 cm³/mol. The smallest absolute Gasteiger partial charge is 0.178 e. The molecule has 4 rings (SSSR count). The van der Waals surface area contributed by atoms with Crippen LogP contribution in [0.15, 0.2) is 23.8 Å². The molecule has 5 heteroatoms. The molecule has 0 spiro atoms. The lowest BCUT2D eigenvalue weighted by molar-refractivity contribution is -0.187. The van der Waals surface area contributed by atoms with E-state index in [9.17, 15) is 24.9 Å². The summed E-state index contributed by atoms with van der Waals surface area (Å²) in [6, 6.07) is 0. The number of hydrogen-bond acceptors (Lipinski definition) is 5. The van der Waals surface area contributed by atoms with Crippen molar-refractivity contribution in [3.8, 4) is 0 Å². The summed E-state index contributed by atoms with van der Waals surface area (Å²) in [5.74, 6) is 0.294. The third kappa shape index (κ3) is 2.28. The van der Waals surface area contributed by atoms with E-state index in [1.165, 1.54) is 0 Å². The molecule has 3 fully saturated rings. The first-order valence-electron chi connectivity index (χ1n) is 10.1. The van der Waals surface area contributed by atoms with Crippen molar-refractivity contribution in [2.45, 2.75) is 58.2 Å². The Balaban J connectivity index is 1.78. The van der Waals surface area contributed by atoms with E-state index in [0.717, 1.165) is 18.4 Å². The topological polar surface area (TPSA) is 94.8 Å². The fraction of sp³-hybridized carbons (Fsp3) is 0.727. The molecule has 0 aromatic carbocycles. The van der Waals surface area contributed by atoms with Gasteiger partial charge in [0.15, 0.2) is 5.78 Å². The van der Waals surface area contributed by atoms with E-state index in [1.54, 1.807) is 12.2 Å². The van der Waals surface area contributed by atoms with Crippen molar-refractivity contribution in [3.05, 3.63) is 23.8 Å². The van der Waals surface area contributed by atoms with E-state index in [0.29, 0.717) is 6.42 Å². The summed E-state index contributed by atoms with van der Waals surface area (Å²) in [6.45, 7) is 5.59. The fourth-order valence-corrected chi connectivity index (χ4v) is 7.19. The maximum Gasteiger partial charge on any atom is 0.178 e. The molecule has 0 aliphatic heterocycles. The fourth-order valence-electron chi connectivity index (χ4n) is 7.19. The van der Waals surface area contributed by atoms with Crippen LogP contribution in [0.1, 0.15) is 46.5 Å². The monoisotopic (exact) mass is 374 g/mol. The molecule has 8 atom stereocenters. The summed E-state index contributed by atoms with van der Waals surface area (Å²) in [5.41, 5.74) is -1.58. The lowest BCUT2D eigenvalue weighted by atomic mass is 9.45. The Morgan fingerprint density at radius 2 is 2.00 bits per heavy atom. The van der Waals surface area contributed by atoms with Crippen LogP contribution in [-0.4, -0.2) is 45.2 Å². The van der Waals surface area contributed by atoms with Crippen molar-refractivity contribution in [2.75, 3.05) is 6.61 Å². The van der Waals surface area contributed by atoms with E-state index in [4.69, 9.17) is 0 Å². The van der Waals surface area contributed by atoms with Crippen molar-refractivity contribution >= 4 is 11.6 Å². The molecular formula is C22H30O5. The summed E-state index contributed by atoms with van der Waals surface area (Å²) < 4.78 is 0. The zero-order valence-electron chi connectivity index (χ0n) is 16.3. The quantitative estimate of drug-likeness (QED) is 0.685. The van der Waals surface area contributed by atoms with E-state index in [-0.39, 0.29) is 41.7 Å². The van der Waals surface area contributed by atoms with Gasteiger partial charge in [0.1, 0.15) is 11.9 Å². The third-order valence-corrected chi connectivity index (χ3v) is 8.52. The van der Waals surface area contributed by atoms with Gasteiger partial charge in [-0.15, -0.1) is 0 Å². The van der Waals surface area contributed by atoms with Gasteiger partial charge in [-0.3, -0.25) is 9.59 Å². The number of aliphatic hydroxyl groups is 3. The molecular weight excluding hydrogens is 344 g/mol. The molecule has 4 aliphatic rings.